The smallest absolute Gasteiger partial charge is 0.0360 e. The fourth-order valence-corrected chi connectivity index (χ4v) is 3.00. The first-order valence-electron chi connectivity index (χ1n) is 7.79. The molecular formula is C19H24BrN. The molecule has 0 aliphatic rings. The molecule has 2 heteroatoms. The van der Waals surface area contributed by atoms with Crippen LogP contribution in [0.25, 0.3) is 0 Å². The van der Waals surface area contributed by atoms with Gasteiger partial charge in [-0.15, -0.1) is 0 Å². The van der Waals surface area contributed by atoms with Crippen molar-refractivity contribution >= 4 is 15.9 Å². The monoisotopic (exact) mass is 345 g/mol. The Hall–Kier alpha value is -1.12. The Morgan fingerprint density at radius 2 is 1.76 bits per heavy atom. The number of benzene rings is 2. The Morgan fingerprint density at radius 1 is 1.00 bits per heavy atom. The van der Waals surface area contributed by atoms with Crippen LogP contribution in [0, 0.1) is 0 Å². The summed E-state index contributed by atoms with van der Waals surface area (Å²) in [7, 11) is 0. The molecule has 2 aromatic carbocycles. The molecule has 0 aromatic heterocycles. The summed E-state index contributed by atoms with van der Waals surface area (Å²) in [6.45, 7) is 5.47. The van der Waals surface area contributed by atoms with E-state index in [1.165, 1.54) is 16.7 Å². The van der Waals surface area contributed by atoms with Gasteiger partial charge in [0.05, 0.1) is 0 Å². The number of halogens is 1. The van der Waals surface area contributed by atoms with E-state index < -0.39 is 0 Å². The van der Waals surface area contributed by atoms with E-state index in [1.54, 1.807) is 0 Å². The van der Waals surface area contributed by atoms with Gasteiger partial charge in [-0.25, -0.2) is 0 Å². The molecule has 112 valence electrons. The highest BCUT2D eigenvalue weighted by atomic mass is 79.9. The second-order valence-electron chi connectivity index (χ2n) is 5.44. The van der Waals surface area contributed by atoms with Gasteiger partial charge in [0.15, 0.2) is 0 Å². The Labute approximate surface area is 136 Å². The summed E-state index contributed by atoms with van der Waals surface area (Å²) in [5.41, 5.74) is 4.16. The summed E-state index contributed by atoms with van der Waals surface area (Å²) in [6.07, 6.45) is 3.26. The second-order valence-corrected chi connectivity index (χ2v) is 6.36. The predicted molar refractivity (Wildman–Crippen MR) is 94.7 cm³/mol. The number of hydrogen-bond acceptors (Lipinski definition) is 1. The van der Waals surface area contributed by atoms with Gasteiger partial charge in [0.25, 0.3) is 0 Å². The molecule has 21 heavy (non-hydrogen) atoms. The van der Waals surface area contributed by atoms with Gasteiger partial charge >= 0.3 is 0 Å². The third-order valence-electron chi connectivity index (χ3n) is 3.73. The summed E-state index contributed by atoms with van der Waals surface area (Å²) in [6, 6.07) is 17.9. The highest BCUT2D eigenvalue weighted by Gasteiger charge is 2.12. The molecule has 1 nitrogen and oxygen atoms in total. The van der Waals surface area contributed by atoms with Gasteiger partial charge in [-0.05, 0) is 54.6 Å². The second kappa shape index (κ2) is 8.35. The Bertz CT molecular complexity index is 565. The van der Waals surface area contributed by atoms with Crippen molar-refractivity contribution in [1.29, 1.82) is 0 Å². The minimum atomic E-state index is 0.380. The first kappa shape index (κ1) is 16.3. The molecule has 0 heterocycles. The maximum absolute atomic E-state index is 3.69. The highest BCUT2D eigenvalue weighted by molar-refractivity contribution is 9.10. The van der Waals surface area contributed by atoms with Gasteiger partial charge in [-0.1, -0.05) is 66.2 Å². The van der Waals surface area contributed by atoms with Gasteiger partial charge in [-0.3, -0.25) is 0 Å². The fraction of sp³-hybridized carbons (Fsp3) is 0.368. The van der Waals surface area contributed by atoms with Crippen molar-refractivity contribution in [2.45, 2.75) is 39.2 Å². The lowest BCUT2D eigenvalue weighted by molar-refractivity contribution is 0.529. The number of aryl methyl sites for hydroxylation is 1. The third-order valence-corrected chi connectivity index (χ3v) is 4.22. The highest BCUT2D eigenvalue weighted by Crippen LogP contribution is 2.22. The molecule has 0 saturated heterocycles. The molecule has 0 spiro atoms. The Morgan fingerprint density at radius 3 is 2.48 bits per heavy atom. The summed E-state index contributed by atoms with van der Waals surface area (Å²) < 4.78 is 1.15. The van der Waals surface area contributed by atoms with Crippen molar-refractivity contribution < 1.29 is 0 Å². The summed E-state index contributed by atoms with van der Waals surface area (Å²) >= 11 is 3.56. The van der Waals surface area contributed by atoms with E-state index in [1.807, 2.05) is 0 Å². The van der Waals surface area contributed by atoms with Crippen LogP contribution in [0.1, 0.15) is 43.0 Å². The summed E-state index contributed by atoms with van der Waals surface area (Å²) in [5.74, 6) is 0. The maximum Gasteiger partial charge on any atom is 0.0360 e. The Kier molecular flexibility index (Phi) is 6.47. The topological polar surface area (TPSA) is 12.0 Å². The first-order valence-corrected chi connectivity index (χ1v) is 8.59. The molecule has 0 aliphatic heterocycles. The molecule has 1 atom stereocenters. The van der Waals surface area contributed by atoms with E-state index in [0.717, 1.165) is 30.3 Å². The van der Waals surface area contributed by atoms with Crippen LogP contribution in [0.5, 0.6) is 0 Å². The van der Waals surface area contributed by atoms with Crippen molar-refractivity contribution in [1.82, 2.24) is 5.32 Å². The molecule has 0 fully saturated rings. The zero-order chi connectivity index (χ0) is 15.1. The number of hydrogen-bond donors (Lipinski definition) is 1. The molecule has 1 unspecified atom stereocenters. The largest absolute Gasteiger partial charge is 0.310 e. The molecule has 0 bridgehead atoms. The van der Waals surface area contributed by atoms with E-state index in [4.69, 9.17) is 0 Å². The average Bonchev–Trinajstić information content (AvgIpc) is 2.51. The summed E-state index contributed by atoms with van der Waals surface area (Å²) in [5, 5.41) is 3.69. The van der Waals surface area contributed by atoms with Crippen molar-refractivity contribution in [3.05, 3.63) is 69.7 Å². The van der Waals surface area contributed by atoms with Crippen LogP contribution in [-0.4, -0.2) is 6.54 Å². The quantitative estimate of drug-likeness (QED) is 0.718. The number of nitrogens with one attached hydrogen (secondary N) is 1. The van der Waals surface area contributed by atoms with Gasteiger partial charge in [0.1, 0.15) is 0 Å². The SMILES string of the molecule is CCCNC(Cc1cccc(Br)c1)c1cccc(CC)c1. The zero-order valence-electron chi connectivity index (χ0n) is 12.9. The van der Waals surface area contributed by atoms with Crippen molar-refractivity contribution in [3.8, 4) is 0 Å². The van der Waals surface area contributed by atoms with Crippen LogP contribution in [0.2, 0.25) is 0 Å². The Balaban J connectivity index is 2.20. The van der Waals surface area contributed by atoms with Crippen LogP contribution in [0.15, 0.2) is 53.0 Å². The van der Waals surface area contributed by atoms with Crippen LogP contribution < -0.4 is 5.32 Å². The van der Waals surface area contributed by atoms with Gasteiger partial charge < -0.3 is 5.32 Å². The molecule has 2 rings (SSSR count). The lowest BCUT2D eigenvalue weighted by Crippen LogP contribution is -2.24. The molecule has 0 aliphatic carbocycles. The van der Waals surface area contributed by atoms with Crippen molar-refractivity contribution in [2.75, 3.05) is 6.54 Å². The van der Waals surface area contributed by atoms with Crippen LogP contribution in [0.3, 0.4) is 0 Å². The van der Waals surface area contributed by atoms with E-state index in [2.05, 4.69) is 83.6 Å². The lowest BCUT2D eigenvalue weighted by Gasteiger charge is -2.20. The van der Waals surface area contributed by atoms with Crippen molar-refractivity contribution in [3.63, 3.8) is 0 Å². The third kappa shape index (κ3) is 4.98. The summed E-state index contributed by atoms with van der Waals surface area (Å²) in [4.78, 5) is 0. The van der Waals surface area contributed by atoms with Crippen molar-refractivity contribution in [2.24, 2.45) is 0 Å². The van der Waals surface area contributed by atoms with E-state index in [-0.39, 0.29) is 0 Å². The van der Waals surface area contributed by atoms with Crippen LogP contribution in [0.4, 0.5) is 0 Å². The van der Waals surface area contributed by atoms with Gasteiger partial charge in [-0.2, -0.15) is 0 Å². The standard InChI is InChI=1S/C19H24BrN/c1-3-11-21-19(14-16-8-6-10-18(20)13-16)17-9-5-7-15(4-2)12-17/h5-10,12-13,19,21H,3-4,11,14H2,1-2H3. The fourth-order valence-electron chi connectivity index (χ4n) is 2.56. The molecule has 2 aromatic rings. The average molecular weight is 346 g/mol. The molecule has 1 N–H and O–H groups in total. The minimum absolute atomic E-state index is 0.380. The molecule has 0 amide bonds. The van der Waals surface area contributed by atoms with Crippen LogP contribution >= 0.6 is 15.9 Å². The lowest BCUT2D eigenvalue weighted by atomic mass is 9.96. The van der Waals surface area contributed by atoms with Crippen LogP contribution in [-0.2, 0) is 12.8 Å². The first-order chi connectivity index (χ1) is 10.2. The van der Waals surface area contributed by atoms with E-state index >= 15 is 0 Å². The number of rotatable bonds is 7. The van der Waals surface area contributed by atoms with Gasteiger partial charge in [0.2, 0.25) is 0 Å². The van der Waals surface area contributed by atoms with E-state index in [9.17, 15) is 0 Å². The maximum atomic E-state index is 3.69. The normalized spacial score (nSPS) is 12.3. The predicted octanol–water partition coefficient (Wildman–Crippen LogP) is 5.29. The zero-order valence-corrected chi connectivity index (χ0v) is 14.5. The molecular weight excluding hydrogens is 322 g/mol. The molecule has 0 radical (unpaired) electrons. The van der Waals surface area contributed by atoms with Gasteiger partial charge in [0, 0.05) is 10.5 Å². The minimum Gasteiger partial charge on any atom is -0.310 e. The molecule has 0 saturated carbocycles. The van der Waals surface area contributed by atoms with E-state index in [0.29, 0.717) is 6.04 Å².